The number of unbranched alkanes of at least 4 members (excludes halogenated alkanes) is 1. The molecule has 1 aromatic rings. The molecule has 0 fully saturated rings. The summed E-state index contributed by atoms with van der Waals surface area (Å²) >= 11 is 0. The summed E-state index contributed by atoms with van der Waals surface area (Å²) in [7, 11) is 0. The third-order valence-electron chi connectivity index (χ3n) is 1.36. The highest BCUT2D eigenvalue weighted by Gasteiger charge is 1.89. The molecule has 0 amide bonds. The lowest BCUT2D eigenvalue weighted by Crippen LogP contribution is -1.83. The average molecular weight is 197 g/mol. The van der Waals surface area contributed by atoms with Crippen molar-refractivity contribution in [2.24, 2.45) is 0 Å². The number of nitrogens with one attached hydrogen (secondary N) is 1. The van der Waals surface area contributed by atoms with Crippen molar-refractivity contribution >= 4 is 24.8 Å². The lowest BCUT2D eigenvalue weighted by atomic mass is 10.2. The van der Waals surface area contributed by atoms with Gasteiger partial charge in [0, 0.05) is 11.9 Å². The summed E-state index contributed by atoms with van der Waals surface area (Å²) in [4.78, 5) is 0. The third-order valence-corrected chi connectivity index (χ3v) is 1.36. The summed E-state index contributed by atoms with van der Waals surface area (Å²) in [5.74, 6) is 0. The van der Waals surface area contributed by atoms with Crippen LogP contribution in [0.1, 0.15) is 25.5 Å². The smallest absolute Gasteiger partial charge is 0.0490 e. The molecule has 0 radical (unpaired) electrons. The van der Waals surface area contributed by atoms with Gasteiger partial charge in [-0.15, -0.1) is 24.8 Å². The van der Waals surface area contributed by atoms with Gasteiger partial charge < -0.3 is 0 Å². The summed E-state index contributed by atoms with van der Waals surface area (Å²) < 4.78 is 0. The quantitative estimate of drug-likeness (QED) is 0.792. The second-order valence-corrected chi connectivity index (χ2v) is 2.19. The van der Waals surface area contributed by atoms with E-state index in [4.69, 9.17) is 0 Å². The number of halogens is 2. The summed E-state index contributed by atoms with van der Waals surface area (Å²) in [5, 5.41) is 6.77. The second-order valence-electron chi connectivity index (χ2n) is 2.19. The Morgan fingerprint density at radius 2 is 2.18 bits per heavy atom. The van der Waals surface area contributed by atoms with Gasteiger partial charge in [-0.25, -0.2) is 0 Å². The molecule has 0 saturated carbocycles. The van der Waals surface area contributed by atoms with Crippen molar-refractivity contribution in [3.8, 4) is 0 Å². The van der Waals surface area contributed by atoms with Crippen LogP contribution < -0.4 is 0 Å². The maximum absolute atomic E-state index is 3.85. The Hall–Kier alpha value is -0.210. The maximum atomic E-state index is 3.85. The first kappa shape index (κ1) is 13.4. The summed E-state index contributed by atoms with van der Waals surface area (Å²) in [6, 6.07) is 2.02. The molecule has 2 nitrogen and oxygen atoms in total. The van der Waals surface area contributed by atoms with E-state index in [0.717, 1.165) is 6.42 Å². The SMILES string of the molecule is CCCCc1ccn[nH]1.Cl.Cl. The van der Waals surface area contributed by atoms with E-state index in [1.54, 1.807) is 6.20 Å². The van der Waals surface area contributed by atoms with Gasteiger partial charge in [-0.3, -0.25) is 5.10 Å². The van der Waals surface area contributed by atoms with Gasteiger partial charge in [0.15, 0.2) is 0 Å². The van der Waals surface area contributed by atoms with Crippen molar-refractivity contribution in [2.45, 2.75) is 26.2 Å². The Morgan fingerprint density at radius 3 is 2.64 bits per heavy atom. The first-order chi connectivity index (χ1) is 4.43. The molecule has 0 aliphatic carbocycles. The Labute approximate surface area is 79.6 Å². The van der Waals surface area contributed by atoms with E-state index < -0.39 is 0 Å². The van der Waals surface area contributed by atoms with E-state index in [0.29, 0.717) is 0 Å². The molecular formula is C7H14Cl2N2. The predicted octanol–water partition coefficient (Wildman–Crippen LogP) is 2.60. The number of aromatic nitrogens is 2. The zero-order valence-corrected chi connectivity index (χ0v) is 8.17. The van der Waals surface area contributed by atoms with Crippen molar-refractivity contribution in [2.75, 3.05) is 0 Å². The highest BCUT2D eigenvalue weighted by atomic mass is 35.5. The van der Waals surface area contributed by atoms with E-state index in [1.165, 1.54) is 18.5 Å². The van der Waals surface area contributed by atoms with Crippen LogP contribution >= 0.6 is 24.8 Å². The van der Waals surface area contributed by atoms with Crippen LogP contribution in [0.5, 0.6) is 0 Å². The first-order valence-corrected chi connectivity index (χ1v) is 3.41. The highest BCUT2D eigenvalue weighted by Crippen LogP contribution is 1.98. The van der Waals surface area contributed by atoms with Crippen LogP contribution in [0.15, 0.2) is 12.3 Å². The second kappa shape index (κ2) is 7.89. The van der Waals surface area contributed by atoms with E-state index in [9.17, 15) is 0 Å². The molecule has 0 aliphatic rings. The van der Waals surface area contributed by atoms with Gasteiger partial charge in [-0.05, 0) is 18.9 Å². The van der Waals surface area contributed by atoms with Crippen LogP contribution in [0.4, 0.5) is 0 Å². The van der Waals surface area contributed by atoms with Crippen molar-refractivity contribution in [1.82, 2.24) is 10.2 Å². The molecular weight excluding hydrogens is 183 g/mol. The van der Waals surface area contributed by atoms with Gasteiger partial charge in [0.25, 0.3) is 0 Å². The Morgan fingerprint density at radius 1 is 1.45 bits per heavy atom. The molecule has 0 aromatic carbocycles. The fourth-order valence-corrected chi connectivity index (χ4v) is 0.791. The molecule has 0 bridgehead atoms. The number of aryl methyl sites for hydroxylation is 1. The van der Waals surface area contributed by atoms with Crippen LogP contribution in [0.2, 0.25) is 0 Å². The number of hydrogen-bond donors (Lipinski definition) is 1. The van der Waals surface area contributed by atoms with E-state index in [2.05, 4.69) is 17.1 Å². The summed E-state index contributed by atoms with van der Waals surface area (Å²) in [6.45, 7) is 2.19. The minimum absolute atomic E-state index is 0. The zero-order valence-electron chi connectivity index (χ0n) is 6.54. The standard InChI is InChI=1S/C7H12N2.2ClH/c1-2-3-4-7-5-6-8-9-7;;/h5-6H,2-4H2,1H3,(H,8,9);2*1H. The molecule has 0 spiro atoms. The van der Waals surface area contributed by atoms with Gasteiger partial charge in [-0.2, -0.15) is 5.10 Å². The molecule has 66 valence electrons. The molecule has 1 N–H and O–H groups in total. The van der Waals surface area contributed by atoms with Gasteiger partial charge >= 0.3 is 0 Å². The molecule has 1 rings (SSSR count). The topological polar surface area (TPSA) is 28.7 Å². The van der Waals surface area contributed by atoms with Gasteiger partial charge in [-0.1, -0.05) is 13.3 Å². The van der Waals surface area contributed by atoms with Crippen LogP contribution in [0.3, 0.4) is 0 Å². The van der Waals surface area contributed by atoms with Crippen molar-refractivity contribution in [3.05, 3.63) is 18.0 Å². The van der Waals surface area contributed by atoms with Gasteiger partial charge in [0.1, 0.15) is 0 Å². The lowest BCUT2D eigenvalue weighted by Gasteiger charge is -1.90. The average Bonchev–Trinajstić information content (AvgIpc) is 2.34. The fourth-order valence-electron chi connectivity index (χ4n) is 0.791. The predicted molar refractivity (Wildman–Crippen MR) is 51.7 cm³/mol. The number of H-pyrrole nitrogens is 1. The van der Waals surface area contributed by atoms with Crippen molar-refractivity contribution < 1.29 is 0 Å². The highest BCUT2D eigenvalue weighted by molar-refractivity contribution is 5.85. The minimum atomic E-state index is 0. The van der Waals surface area contributed by atoms with Gasteiger partial charge in [0.2, 0.25) is 0 Å². The van der Waals surface area contributed by atoms with Crippen LogP contribution in [-0.2, 0) is 6.42 Å². The minimum Gasteiger partial charge on any atom is -0.283 e. The Kier molecular flexibility index (Phi) is 9.60. The Balaban J connectivity index is 0. The van der Waals surface area contributed by atoms with Crippen LogP contribution in [0.25, 0.3) is 0 Å². The molecule has 11 heavy (non-hydrogen) atoms. The van der Waals surface area contributed by atoms with E-state index in [-0.39, 0.29) is 24.8 Å². The molecule has 1 aromatic heterocycles. The molecule has 0 saturated heterocycles. The summed E-state index contributed by atoms with van der Waals surface area (Å²) in [5.41, 5.74) is 1.25. The number of nitrogens with zero attached hydrogens (tertiary/aromatic N) is 1. The number of aromatic amines is 1. The molecule has 1 heterocycles. The van der Waals surface area contributed by atoms with Crippen molar-refractivity contribution in [1.29, 1.82) is 0 Å². The number of hydrogen-bond acceptors (Lipinski definition) is 1. The molecule has 4 heteroatoms. The fraction of sp³-hybridized carbons (Fsp3) is 0.571. The third kappa shape index (κ3) is 5.10. The maximum Gasteiger partial charge on any atom is 0.0490 e. The molecule has 0 atom stereocenters. The largest absolute Gasteiger partial charge is 0.283 e. The first-order valence-electron chi connectivity index (χ1n) is 3.41. The zero-order chi connectivity index (χ0) is 6.53. The summed E-state index contributed by atoms with van der Waals surface area (Å²) in [6.07, 6.45) is 5.43. The monoisotopic (exact) mass is 196 g/mol. The van der Waals surface area contributed by atoms with Gasteiger partial charge in [0.05, 0.1) is 0 Å². The molecule has 0 unspecified atom stereocenters. The van der Waals surface area contributed by atoms with E-state index in [1.807, 2.05) is 6.07 Å². The van der Waals surface area contributed by atoms with E-state index >= 15 is 0 Å². The van der Waals surface area contributed by atoms with Crippen LogP contribution in [-0.4, -0.2) is 10.2 Å². The normalized spacial score (nSPS) is 8.09. The van der Waals surface area contributed by atoms with Crippen molar-refractivity contribution in [3.63, 3.8) is 0 Å². The lowest BCUT2D eigenvalue weighted by molar-refractivity contribution is 0.772. The molecule has 0 aliphatic heterocycles. The Bertz CT molecular complexity index is 151. The van der Waals surface area contributed by atoms with Crippen LogP contribution in [0, 0.1) is 0 Å². The number of rotatable bonds is 3.